The summed E-state index contributed by atoms with van der Waals surface area (Å²) in [6.07, 6.45) is 5.87. The first-order valence-corrected chi connectivity index (χ1v) is 14.1. The van der Waals surface area contributed by atoms with Crippen molar-refractivity contribution in [2.75, 3.05) is 38.0 Å². The molecule has 1 fully saturated rings. The molecule has 5 heterocycles. The van der Waals surface area contributed by atoms with E-state index in [4.69, 9.17) is 0 Å². The molecule has 0 spiro atoms. The number of carbonyl (C=O) groups is 1. The minimum absolute atomic E-state index is 0.186. The molecule has 3 N–H and O–H groups in total. The molecular formula is C28H33N7O2S. The van der Waals surface area contributed by atoms with Gasteiger partial charge < -0.3 is 25.2 Å². The Morgan fingerprint density at radius 1 is 1.18 bits per heavy atom. The molecule has 0 radical (unpaired) electrons. The maximum atomic E-state index is 13.4. The third kappa shape index (κ3) is 5.03. The van der Waals surface area contributed by atoms with Crippen LogP contribution in [0, 0.1) is 5.41 Å². The van der Waals surface area contributed by atoms with Crippen molar-refractivity contribution >= 4 is 55.6 Å². The summed E-state index contributed by atoms with van der Waals surface area (Å²) in [5.41, 5.74) is 6.31. The van der Waals surface area contributed by atoms with Crippen LogP contribution in [0.5, 0.6) is 0 Å². The highest BCUT2D eigenvalue weighted by Gasteiger charge is 2.35. The molecule has 0 unspecified atom stereocenters. The maximum absolute atomic E-state index is 13.4. The number of carbonyl (C=O) groups excluding carboxylic acids is 1. The van der Waals surface area contributed by atoms with Crippen LogP contribution in [0.1, 0.15) is 38.8 Å². The van der Waals surface area contributed by atoms with Crippen LogP contribution in [0.25, 0.3) is 26.8 Å². The molecule has 4 aromatic rings. The molecule has 198 valence electrons. The van der Waals surface area contributed by atoms with Crippen molar-refractivity contribution in [2.24, 2.45) is 5.41 Å². The number of thiazole rings is 1. The van der Waals surface area contributed by atoms with Crippen LogP contribution in [-0.4, -0.2) is 79.6 Å². The molecule has 0 atom stereocenters. The average Bonchev–Trinajstić information content (AvgIpc) is 3.57. The van der Waals surface area contributed by atoms with Crippen molar-refractivity contribution < 1.29 is 9.90 Å². The fraction of sp³-hybridized carbons (Fsp3) is 0.429. The highest BCUT2D eigenvalue weighted by atomic mass is 32.1. The minimum Gasteiger partial charge on any atom is -0.393 e. The van der Waals surface area contributed by atoms with Crippen LogP contribution < -0.4 is 5.32 Å². The van der Waals surface area contributed by atoms with Gasteiger partial charge in [-0.15, -0.1) is 11.3 Å². The number of H-pyrrole nitrogens is 1. The molecule has 10 heteroatoms. The maximum Gasteiger partial charge on any atom is 0.229 e. The zero-order chi connectivity index (χ0) is 26.3. The highest BCUT2D eigenvalue weighted by Crippen LogP contribution is 2.31. The van der Waals surface area contributed by atoms with Gasteiger partial charge in [0.05, 0.1) is 32.6 Å². The number of hydrogen-bond donors (Lipinski definition) is 3. The summed E-state index contributed by atoms with van der Waals surface area (Å²) >= 11 is 1.61. The zero-order valence-corrected chi connectivity index (χ0v) is 22.6. The predicted molar refractivity (Wildman–Crippen MR) is 151 cm³/mol. The monoisotopic (exact) mass is 531 g/mol. The van der Waals surface area contributed by atoms with E-state index in [1.165, 1.54) is 5.57 Å². The number of piperidine rings is 1. The standard InChI is InChI=1S/C28H33N7O2S/c1-28(2,15-34-9-7-20(36)8-10-34)27(37)35-11-5-18(6-12-35)23-14-21-25(29-16-30-26(21)33-23)32-19-3-4-22-24(13-19)38-17-31-22/h3-5,13-14,16-17,20,36H,6-12,15H2,1-2H3,(H2,29,30,32,33). The van der Waals surface area contributed by atoms with Gasteiger partial charge in [-0.05, 0) is 62.9 Å². The number of nitrogens with one attached hydrogen (secondary N) is 2. The molecule has 38 heavy (non-hydrogen) atoms. The normalized spacial score (nSPS) is 17.8. The van der Waals surface area contributed by atoms with Crippen LogP contribution >= 0.6 is 11.3 Å². The van der Waals surface area contributed by atoms with Crippen molar-refractivity contribution in [2.45, 2.75) is 39.2 Å². The number of hydrogen-bond acceptors (Lipinski definition) is 8. The Labute approximate surface area is 225 Å². The van der Waals surface area contributed by atoms with E-state index in [0.717, 1.165) is 77.3 Å². The van der Waals surface area contributed by atoms with Gasteiger partial charge in [-0.25, -0.2) is 15.0 Å². The second-order valence-electron chi connectivity index (χ2n) is 10.9. The number of aliphatic hydroxyl groups excluding tert-OH is 1. The van der Waals surface area contributed by atoms with Gasteiger partial charge in [0.1, 0.15) is 17.8 Å². The molecule has 9 nitrogen and oxygen atoms in total. The van der Waals surface area contributed by atoms with Gasteiger partial charge in [0, 0.05) is 44.1 Å². The van der Waals surface area contributed by atoms with Gasteiger partial charge in [-0.3, -0.25) is 4.79 Å². The van der Waals surface area contributed by atoms with Crippen LogP contribution in [0.4, 0.5) is 11.5 Å². The summed E-state index contributed by atoms with van der Waals surface area (Å²) < 4.78 is 1.12. The van der Waals surface area contributed by atoms with Gasteiger partial charge in [0.15, 0.2) is 0 Å². The van der Waals surface area contributed by atoms with Crippen molar-refractivity contribution in [1.82, 2.24) is 29.7 Å². The SMILES string of the molecule is CC(C)(CN1CCC(O)CC1)C(=O)N1CC=C(c2cc3c(Nc4ccc5ncsc5c4)ncnc3[nH]2)CC1. The lowest BCUT2D eigenvalue weighted by Crippen LogP contribution is -2.49. The Balaban J connectivity index is 1.15. The fourth-order valence-corrected chi connectivity index (χ4v) is 6.23. The Kier molecular flexibility index (Phi) is 6.63. The number of aromatic nitrogens is 4. The number of anilines is 2. The van der Waals surface area contributed by atoms with Crippen molar-refractivity contribution in [1.29, 1.82) is 0 Å². The van der Waals surface area contributed by atoms with Crippen molar-refractivity contribution in [3.05, 3.63) is 47.9 Å². The fourth-order valence-electron chi connectivity index (χ4n) is 5.51. The van der Waals surface area contributed by atoms with E-state index < -0.39 is 5.41 Å². The van der Waals surface area contributed by atoms with E-state index in [9.17, 15) is 9.90 Å². The van der Waals surface area contributed by atoms with Gasteiger partial charge >= 0.3 is 0 Å². The lowest BCUT2D eigenvalue weighted by atomic mass is 9.89. The summed E-state index contributed by atoms with van der Waals surface area (Å²) in [5.74, 6) is 0.937. The first-order chi connectivity index (χ1) is 18.4. The first kappa shape index (κ1) is 25.0. The predicted octanol–water partition coefficient (Wildman–Crippen LogP) is 4.41. The lowest BCUT2D eigenvalue weighted by molar-refractivity contribution is -0.141. The molecule has 2 aliphatic heterocycles. The number of rotatable bonds is 6. The van der Waals surface area contributed by atoms with Gasteiger partial charge in [-0.1, -0.05) is 6.08 Å². The minimum atomic E-state index is -0.465. The molecule has 1 aromatic carbocycles. The number of nitrogens with zero attached hydrogens (tertiary/aromatic N) is 5. The number of aliphatic hydroxyl groups is 1. The lowest BCUT2D eigenvalue weighted by Gasteiger charge is -2.38. The molecule has 1 saturated heterocycles. The second-order valence-corrected chi connectivity index (χ2v) is 11.8. The smallest absolute Gasteiger partial charge is 0.229 e. The van der Waals surface area contributed by atoms with Crippen LogP contribution in [0.3, 0.4) is 0 Å². The first-order valence-electron chi connectivity index (χ1n) is 13.2. The second kappa shape index (κ2) is 10.1. The summed E-state index contributed by atoms with van der Waals surface area (Å²) in [6, 6.07) is 8.20. The van der Waals surface area contributed by atoms with E-state index in [1.54, 1.807) is 17.7 Å². The van der Waals surface area contributed by atoms with Crippen LogP contribution in [0.2, 0.25) is 0 Å². The third-order valence-electron chi connectivity index (χ3n) is 7.62. The highest BCUT2D eigenvalue weighted by molar-refractivity contribution is 7.16. The van der Waals surface area contributed by atoms with Crippen LogP contribution in [0.15, 0.2) is 42.2 Å². The largest absolute Gasteiger partial charge is 0.393 e. The Bertz CT molecular complexity index is 1500. The number of aromatic amines is 1. The van der Waals surface area contributed by atoms with E-state index >= 15 is 0 Å². The average molecular weight is 532 g/mol. The number of amides is 1. The molecule has 2 aliphatic rings. The summed E-state index contributed by atoms with van der Waals surface area (Å²) in [7, 11) is 0. The van der Waals surface area contributed by atoms with E-state index in [-0.39, 0.29) is 12.0 Å². The molecule has 6 rings (SSSR count). The van der Waals surface area contributed by atoms with Gasteiger partial charge in [0.25, 0.3) is 0 Å². The number of likely N-dealkylation sites (tertiary alicyclic amines) is 1. The van der Waals surface area contributed by atoms with Crippen molar-refractivity contribution in [3.63, 3.8) is 0 Å². The van der Waals surface area contributed by atoms with Gasteiger partial charge in [-0.2, -0.15) is 0 Å². The quantitative estimate of drug-likeness (QED) is 0.338. The molecule has 0 bridgehead atoms. The van der Waals surface area contributed by atoms with E-state index in [2.05, 4.69) is 48.4 Å². The van der Waals surface area contributed by atoms with E-state index in [1.807, 2.05) is 36.4 Å². The number of benzene rings is 1. The molecule has 0 saturated carbocycles. The van der Waals surface area contributed by atoms with E-state index in [0.29, 0.717) is 13.1 Å². The summed E-state index contributed by atoms with van der Waals surface area (Å²) in [6.45, 7) is 7.78. The molecule has 3 aromatic heterocycles. The topological polar surface area (TPSA) is 110 Å². The van der Waals surface area contributed by atoms with Crippen molar-refractivity contribution in [3.8, 4) is 0 Å². The zero-order valence-electron chi connectivity index (χ0n) is 21.8. The number of fused-ring (bicyclic) bond motifs is 2. The Morgan fingerprint density at radius 2 is 2.03 bits per heavy atom. The van der Waals surface area contributed by atoms with Crippen LogP contribution in [-0.2, 0) is 4.79 Å². The Morgan fingerprint density at radius 3 is 2.82 bits per heavy atom. The Hall–Kier alpha value is -3.34. The summed E-state index contributed by atoms with van der Waals surface area (Å²) in [4.78, 5) is 34.4. The van der Waals surface area contributed by atoms with Gasteiger partial charge in [0.2, 0.25) is 5.91 Å². The molecular weight excluding hydrogens is 498 g/mol. The molecule has 0 aliphatic carbocycles. The molecule has 1 amide bonds. The summed E-state index contributed by atoms with van der Waals surface area (Å²) in [5, 5.41) is 14.2. The third-order valence-corrected chi connectivity index (χ3v) is 8.41.